The van der Waals surface area contributed by atoms with Crippen LogP contribution in [-0.2, 0) is 6.54 Å². The van der Waals surface area contributed by atoms with Crippen LogP contribution in [0.15, 0.2) is 24.3 Å². The van der Waals surface area contributed by atoms with Gasteiger partial charge in [-0.2, -0.15) is 0 Å². The lowest BCUT2D eigenvalue weighted by Gasteiger charge is -2.12. The van der Waals surface area contributed by atoms with Crippen molar-refractivity contribution in [2.45, 2.75) is 38.8 Å². The van der Waals surface area contributed by atoms with Gasteiger partial charge in [0.05, 0.1) is 5.56 Å². The Morgan fingerprint density at radius 2 is 2.06 bits per heavy atom. The molecule has 1 aromatic rings. The predicted molar refractivity (Wildman–Crippen MR) is 67.0 cm³/mol. The van der Waals surface area contributed by atoms with Gasteiger partial charge in [0, 0.05) is 12.6 Å². The molecular formula is C14H19NO2. The van der Waals surface area contributed by atoms with Crippen LogP contribution >= 0.6 is 0 Å². The molecule has 1 aliphatic carbocycles. The highest BCUT2D eigenvalue weighted by atomic mass is 16.4. The van der Waals surface area contributed by atoms with Gasteiger partial charge in [0.15, 0.2) is 0 Å². The maximum absolute atomic E-state index is 10.7. The fraction of sp³-hybridized carbons (Fsp3) is 0.500. The molecule has 17 heavy (non-hydrogen) atoms. The van der Waals surface area contributed by atoms with Crippen LogP contribution in [0.4, 0.5) is 0 Å². The summed E-state index contributed by atoms with van der Waals surface area (Å²) in [6.07, 6.45) is 3.83. The minimum atomic E-state index is -0.867. The maximum atomic E-state index is 10.7. The summed E-state index contributed by atoms with van der Waals surface area (Å²) in [5.74, 6) is -0.0315. The molecule has 1 fully saturated rings. The number of carboxylic acids is 1. The van der Waals surface area contributed by atoms with Gasteiger partial charge in [-0.1, -0.05) is 19.1 Å². The van der Waals surface area contributed by atoms with E-state index >= 15 is 0 Å². The van der Waals surface area contributed by atoms with Gasteiger partial charge in [-0.15, -0.1) is 0 Å². The number of carbonyl (C=O) groups is 1. The van der Waals surface area contributed by atoms with Crippen molar-refractivity contribution in [1.82, 2.24) is 5.32 Å². The number of nitrogens with one attached hydrogen (secondary N) is 1. The zero-order chi connectivity index (χ0) is 12.3. The quantitative estimate of drug-likeness (QED) is 0.840. The Balaban J connectivity index is 1.85. The summed E-state index contributed by atoms with van der Waals surface area (Å²) in [7, 11) is 0. The van der Waals surface area contributed by atoms with Crippen LogP contribution in [0.3, 0.4) is 0 Å². The third-order valence-electron chi connectivity index (χ3n) is 3.49. The molecule has 0 bridgehead atoms. The Hall–Kier alpha value is -1.35. The monoisotopic (exact) mass is 233 g/mol. The number of carboxylic acid groups (broad SMARTS) is 1. The first kappa shape index (κ1) is 12.1. The van der Waals surface area contributed by atoms with Crippen LogP contribution in [0.2, 0.25) is 0 Å². The van der Waals surface area contributed by atoms with Crippen molar-refractivity contribution < 1.29 is 9.90 Å². The maximum Gasteiger partial charge on any atom is 0.335 e. The topological polar surface area (TPSA) is 49.3 Å². The number of rotatable bonds is 4. The summed E-state index contributed by atoms with van der Waals surface area (Å²) in [5, 5.41) is 12.3. The number of hydrogen-bond acceptors (Lipinski definition) is 2. The molecule has 0 spiro atoms. The standard InChI is InChI=1S/C14H19NO2/c1-10-2-7-13(8-10)15-9-11-3-5-12(6-4-11)14(16)17/h3-6,10,13,15H,2,7-9H2,1H3,(H,16,17). The van der Waals surface area contributed by atoms with Gasteiger partial charge in [-0.25, -0.2) is 4.79 Å². The predicted octanol–water partition coefficient (Wildman–Crippen LogP) is 2.66. The zero-order valence-electron chi connectivity index (χ0n) is 10.1. The first-order chi connectivity index (χ1) is 8.15. The fourth-order valence-electron chi connectivity index (χ4n) is 2.42. The highest BCUT2D eigenvalue weighted by molar-refractivity contribution is 5.87. The van der Waals surface area contributed by atoms with E-state index in [1.165, 1.54) is 19.3 Å². The highest BCUT2D eigenvalue weighted by Gasteiger charge is 2.20. The lowest BCUT2D eigenvalue weighted by Crippen LogP contribution is -2.25. The van der Waals surface area contributed by atoms with E-state index in [0.717, 1.165) is 18.0 Å². The molecule has 92 valence electrons. The first-order valence-electron chi connectivity index (χ1n) is 6.21. The van der Waals surface area contributed by atoms with Gasteiger partial charge in [0.25, 0.3) is 0 Å². The summed E-state index contributed by atoms with van der Waals surface area (Å²) in [4.78, 5) is 10.7. The Bertz CT molecular complexity index is 386. The van der Waals surface area contributed by atoms with E-state index in [-0.39, 0.29) is 0 Å². The van der Waals surface area contributed by atoms with Crippen LogP contribution in [-0.4, -0.2) is 17.1 Å². The Morgan fingerprint density at radius 3 is 2.59 bits per heavy atom. The van der Waals surface area contributed by atoms with E-state index in [0.29, 0.717) is 11.6 Å². The molecule has 0 heterocycles. The molecule has 3 heteroatoms. The molecule has 0 radical (unpaired) electrons. The molecule has 3 nitrogen and oxygen atoms in total. The SMILES string of the molecule is CC1CCC(NCc2ccc(C(=O)O)cc2)C1. The Labute approximate surface area is 102 Å². The van der Waals surface area contributed by atoms with Crippen LogP contribution in [0.1, 0.15) is 42.1 Å². The molecule has 2 rings (SSSR count). The van der Waals surface area contributed by atoms with Crippen LogP contribution in [0.25, 0.3) is 0 Å². The van der Waals surface area contributed by atoms with Crippen molar-refractivity contribution in [2.75, 3.05) is 0 Å². The van der Waals surface area contributed by atoms with Crippen molar-refractivity contribution >= 4 is 5.97 Å². The second kappa shape index (κ2) is 5.32. The third kappa shape index (κ3) is 3.30. The highest BCUT2D eigenvalue weighted by Crippen LogP contribution is 2.24. The van der Waals surface area contributed by atoms with Crippen molar-refractivity contribution in [2.24, 2.45) is 5.92 Å². The third-order valence-corrected chi connectivity index (χ3v) is 3.49. The molecule has 2 atom stereocenters. The summed E-state index contributed by atoms with van der Waals surface area (Å²) < 4.78 is 0. The summed E-state index contributed by atoms with van der Waals surface area (Å²) >= 11 is 0. The Kier molecular flexibility index (Phi) is 3.79. The molecule has 2 unspecified atom stereocenters. The number of hydrogen-bond donors (Lipinski definition) is 2. The molecule has 0 saturated heterocycles. The zero-order valence-corrected chi connectivity index (χ0v) is 10.1. The van der Waals surface area contributed by atoms with Crippen LogP contribution in [0, 0.1) is 5.92 Å². The fourth-order valence-corrected chi connectivity index (χ4v) is 2.42. The van der Waals surface area contributed by atoms with E-state index in [1.807, 2.05) is 12.1 Å². The van der Waals surface area contributed by atoms with Gasteiger partial charge in [-0.3, -0.25) is 0 Å². The van der Waals surface area contributed by atoms with Crippen LogP contribution in [0.5, 0.6) is 0 Å². The van der Waals surface area contributed by atoms with Crippen molar-refractivity contribution in [3.8, 4) is 0 Å². The molecule has 0 aliphatic heterocycles. The molecular weight excluding hydrogens is 214 g/mol. The van der Waals surface area contributed by atoms with E-state index in [4.69, 9.17) is 5.11 Å². The Morgan fingerprint density at radius 1 is 1.35 bits per heavy atom. The van der Waals surface area contributed by atoms with Gasteiger partial charge >= 0.3 is 5.97 Å². The molecule has 0 aromatic heterocycles. The molecule has 0 amide bonds. The molecule has 1 aliphatic rings. The van der Waals surface area contributed by atoms with E-state index in [2.05, 4.69) is 12.2 Å². The van der Waals surface area contributed by atoms with Crippen LogP contribution < -0.4 is 5.32 Å². The largest absolute Gasteiger partial charge is 0.478 e. The van der Waals surface area contributed by atoms with Gasteiger partial charge < -0.3 is 10.4 Å². The first-order valence-corrected chi connectivity index (χ1v) is 6.21. The summed E-state index contributed by atoms with van der Waals surface area (Å²) in [5.41, 5.74) is 1.50. The van der Waals surface area contributed by atoms with Gasteiger partial charge in [0.1, 0.15) is 0 Å². The van der Waals surface area contributed by atoms with Crippen molar-refractivity contribution in [3.05, 3.63) is 35.4 Å². The smallest absolute Gasteiger partial charge is 0.335 e. The summed E-state index contributed by atoms with van der Waals surface area (Å²) in [6.45, 7) is 3.13. The average molecular weight is 233 g/mol. The van der Waals surface area contributed by atoms with E-state index in [9.17, 15) is 4.79 Å². The van der Waals surface area contributed by atoms with Crippen molar-refractivity contribution in [3.63, 3.8) is 0 Å². The van der Waals surface area contributed by atoms with E-state index in [1.54, 1.807) is 12.1 Å². The normalized spacial score (nSPS) is 23.8. The second-order valence-electron chi connectivity index (χ2n) is 5.00. The van der Waals surface area contributed by atoms with Crippen molar-refractivity contribution in [1.29, 1.82) is 0 Å². The lowest BCUT2D eigenvalue weighted by molar-refractivity contribution is 0.0697. The molecule has 2 N–H and O–H groups in total. The minimum absolute atomic E-state index is 0.350. The van der Waals surface area contributed by atoms with Gasteiger partial charge in [0.2, 0.25) is 0 Å². The minimum Gasteiger partial charge on any atom is -0.478 e. The second-order valence-corrected chi connectivity index (χ2v) is 5.00. The molecule has 1 aromatic carbocycles. The number of benzene rings is 1. The lowest BCUT2D eigenvalue weighted by atomic mass is 10.1. The van der Waals surface area contributed by atoms with Gasteiger partial charge in [-0.05, 0) is 42.9 Å². The summed E-state index contributed by atoms with van der Waals surface area (Å²) in [6, 6.07) is 7.72. The van der Waals surface area contributed by atoms with E-state index < -0.39 is 5.97 Å². The number of aromatic carboxylic acids is 1. The average Bonchev–Trinajstić information content (AvgIpc) is 2.73. The molecule has 1 saturated carbocycles.